The molecule has 0 aliphatic heterocycles. The van der Waals surface area contributed by atoms with Crippen molar-refractivity contribution in [3.8, 4) is 23.1 Å². The molecule has 1 fully saturated rings. The number of nitrogens with zero attached hydrogens (tertiary/aromatic N) is 2. The maximum atomic E-state index is 12.1. The second kappa shape index (κ2) is 7.27. The zero-order valence-corrected chi connectivity index (χ0v) is 16.4. The summed E-state index contributed by atoms with van der Waals surface area (Å²) < 4.78 is 40.8. The van der Waals surface area contributed by atoms with Gasteiger partial charge in [-0.05, 0) is 36.6 Å². The molecule has 0 unspecified atom stereocenters. The van der Waals surface area contributed by atoms with Crippen LogP contribution in [0.15, 0.2) is 42.7 Å². The van der Waals surface area contributed by atoms with Crippen molar-refractivity contribution in [2.45, 2.75) is 23.8 Å². The minimum atomic E-state index is -3.04. The van der Waals surface area contributed by atoms with Gasteiger partial charge >= 0.3 is 0 Å². The van der Waals surface area contributed by atoms with Gasteiger partial charge in [0, 0.05) is 6.07 Å². The predicted molar refractivity (Wildman–Crippen MR) is 105 cm³/mol. The topological polar surface area (TPSA) is 87.6 Å². The van der Waals surface area contributed by atoms with Gasteiger partial charge in [0.1, 0.15) is 12.1 Å². The normalized spacial score (nSPS) is 14.1. The lowest BCUT2D eigenvalue weighted by Gasteiger charge is -2.11. The van der Waals surface area contributed by atoms with Gasteiger partial charge in [0.15, 0.2) is 21.3 Å². The van der Waals surface area contributed by atoms with E-state index in [1.165, 1.54) is 6.33 Å². The molecule has 2 aromatic carbocycles. The highest BCUT2D eigenvalue weighted by molar-refractivity contribution is 7.91. The fourth-order valence-electron chi connectivity index (χ4n) is 2.98. The second-order valence-electron chi connectivity index (χ2n) is 6.66. The van der Waals surface area contributed by atoms with E-state index < -0.39 is 9.84 Å². The molecule has 1 aliphatic carbocycles. The molecule has 0 saturated heterocycles. The van der Waals surface area contributed by atoms with E-state index in [1.54, 1.807) is 50.6 Å². The van der Waals surface area contributed by atoms with E-state index in [0.717, 1.165) is 18.4 Å². The van der Waals surface area contributed by atoms with E-state index in [-0.39, 0.29) is 11.0 Å². The molecule has 0 spiro atoms. The first kappa shape index (κ1) is 18.5. The van der Waals surface area contributed by atoms with Crippen LogP contribution in [0.25, 0.3) is 10.9 Å². The third-order valence-corrected chi connectivity index (χ3v) is 6.86. The van der Waals surface area contributed by atoms with Crippen molar-refractivity contribution in [3.63, 3.8) is 0 Å². The number of sulfone groups is 1. The van der Waals surface area contributed by atoms with Crippen LogP contribution in [0.5, 0.6) is 23.1 Å². The summed E-state index contributed by atoms with van der Waals surface area (Å²) in [4.78, 5) is 8.47. The summed E-state index contributed by atoms with van der Waals surface area (Å²) in [5.41, 5.74) is 1.41. The number of rotatable bonds is 7. The number of ether oxygens (including phenoxy) is 3. The summed E-state index contributed by atoms with van der Waals surface area (Å²) in [5.74, 6) is 2.12. The lowest BCUT2D eigenvalue weighted by molar-refractivity contribution is 0.355. The van der Waals surface area contributed by atoms with Crippen LogP contribution in [-0.4, -0.2) is 37.9 Å². The van der Waals surface area contributed by atoms with Crippen molar-refractivity contribution in [1.82, 2.24) is 9.97 Å². The first-order valence-electron chi connectivity index (χ1n) is 8.85. The van der Waals surface area contributed by atoms with Crippen molar-refractivity contribution < 1.29 is 22.6 Å². The van der Waals surface area contributed by atoms with E-state index >= 15 is 0 Å². The Morgan fingerprint density at radius 3 is 2.32 bits per heavy atom. The van der Waals surface area contributed by atoms with E-state index in [0.29, 0.717) is 34.0 Å². The van der Waals surface area contributed by atoms with E-state index in [2.05, 4.69) is 9.97 Å². The highest BCUT2D eigenvalue weighted by atomic mass is 32.2. The highest BCUT2D eigenvalue weighted by Crippen LogP contribution is 2.36. The molecule has 7 nitrogen and oxygen atoms in total. The molecular formula is C20H20N2O5S. The molecule has 4 rings (SSSR count). The average molecular weight is 400 g/mol. The fourth-order valence-corrected chi connectivity index (χ4v) is 4.73. The Kier molecular flexibility index (Phi) is 4.80. The summed E-state index contributed by atoms with van der Waals surface area (Å²) in [5, 5.41) is 0.517. The molecule has 3 aromatic rings. The van der Waals surface area contributed by atoms with Crippen molar-refractivity contribution >= 4 is 20.7 Å². The van der Waals surface area contributed by atoms with Crippen LogP contribution in [-0.2, 0) is 15.6 Å². The maximum absolute atomic E-state index is 12.1. The van der Waals surface area contributed by atoms with E-state index in [4.69, 9.17) is 14.2 Å². The fraction of sp³-hybridized carbons (Fsp3) is 0.300. The smallest absolute Gasteiger partial charge is 0.230 e. The summed E-state index contributed by atoms with van der Waals surface area (Å²) in [6.07, 6.45) is 2.97. The quantitative estimate of drug-likeness (QED) is 0.600. The molecule has 0 amide bonds. The van der Waals surface area contributed by atoms with Crippen molar-refractivity contribution in [1.29, 1.82) is 0 Å². The van der Waals surface area contributed by atoms with Crippen LogP contribution in [0.3, 0.4) is 0 Å². The van der Waals surface area contributed by atoms with Crippen LogP contribution in [0.1, 0.15) is 18.4 Å². The van der Waals surface area contributed by atoms with Crippen molar-refractivity contribution in [3.05, 3.63) is 48.3 Å². The SMILES string of the molecule is COc1cc2ncnc(Oc3ccc(CS(=O)(=O)C4CC4)cc3)c2cc1OC. The molecule has 0 atom stereocenters. The van der Waals surface area contributed by atoms with Gasteiger partial charge in [0.05, 0.1) is 36.1 Å². The molecule has 1 aromatic heterocycles. The Morgan fingerprint density at radius 2 is 1.68 bits per heavy atom. The maximum Gasteiger partial charge on any atom is 0.230 e. The summed E-state index contributed by atoms with van der Waals surface area (Å²) >= 11 is 0. The number of aromatic nitrogens is 2. The first-order chi connectivity index (χ1) is 13.5. The minimum absolute atomic E-state index is 0.0609. The number of fused-ring (bicyclic) bond motifs is 1. The lowest BCUT2D eigenvalue weighted by atomic mass is 10.2. The Labute approximate surface area is 163 Å². The molecule has 1 heterocycles. The van der Waals surface area contributed by atoms with Gasteiger partial charge in [-0.1, -0.05) is 12.1 Å². The van der Waals surface area contributed by atoms with Crippen LogP contribution in [0.2, 0.25) is 0 Å². The second-order valence-corrected chi connectivity index (χ2v) is 8.94. The molecule has 0 N–H and O–H groups in total. The highest BCUT2D eigenvalue weighted by Gasteiger charge is 2.35. The molecule has 8 heteroatoms. The van der Waals surface area contributed by atoms with Crippen LogP contribution in [0, 0.1) is 0 Å². The van der Waals surface area contributed by atoms with Crippen LogP contribution < -0.4 is 14.2 Å². The van der Waals surface area contributed by atoms with E-state index in [9.17, 15) is 8.42 Å². The predicted octanol–water partition coefficient (Wildman–Crippen LogP) is 3.52. The lowest BCUT2D eigenvalue weighted by Crippen LogP contribution is -2.09. The van der Waals surface area contributed by atoms with Crippen LogP contribution in [0.4, 0.5) is 0 Å². The minimum Gasteiger partial charge on any atom is -0.493 e. The van der Waals surface area contributed by atoms with Gasteiger partial charge in [-0.25, -0.2) is 18.4 Å². The monoisotopic (exact) mass is 400 g/mol. The van der Waals surface area contributed by atoms with E-state index in [1.807, 2.05) is 0 Å². The molecule has 1 saturated carbocycles. The van der Waals surface area contributed by atoms with Gasteiger partial charge < -0.3 is 14.2 Å². The molecular weight excluding hydrogens is 380 g/mol. The molecule has 1 aliphatic rings. The summed E-state index contributed by atoms with van der Waals surface area (Å²) in [6, 6.07) is 10.5. The van der Waals surface area contributed by atoms with Gasteiger partial charge in [0.2, 0.25) is 5.88 Å². The van der Waals surface area contributed by atoms with Gasteiger partial charge in [-0.2, -0.15) is 0 Å². The standard InChI is InChI=1S/C20H20N2O5S/c1-25-18-9-16-17(10-19(18)26-2)21-12-22-20(16)27-14-5-3-13(4-6-14)11-28(23,24)15-7-8-15/h3-6,9-10,12,15H,7-8,11H2,1-2H3. The first-order valence-corrected chi connectivity index (χ1v) is 10.6. The van der Waals surface area contributed by atoms with Crippen LogP contribution >= 0.6 is 0 Å². The Bertz CT molecular complexity index is 1110. The number of hydrogen-bond acceptors (Lipinski definition) is 7. The number of hydrogen-bond donors (Lipinski definition) is 0. The van der Waals surface area contributed by atoms with Gasteiger partial charge in [-0.3, -0.25) is 0 Å². The zero-order valence-electron chi connectivity index (χ0n) is 15.6. The zero-order chi connectivity index (χ0) is 19.7. The summed E-state index contributed by atoms with van der Waals surface area (Å²) in [6.45, 7) is 0. The third kappa shape index (κ3) is 3.73. The van der Waals surface area contributed by atoms with Gasteiger partial charge in [-0.15, -0.1) is 0 Å². The van der Waals surface area contributed by atoms with Crippen molar-refractivity contribution in [2.75, 3.05) is 14.2 Å². The third-order valence-electron chi connectivity index (χ3n) is 4.64. The van der Waals surface area contributed by atoms with Gasteiger partial charge in [0.25, 0.3) is 0 Å². The number of methoxy groups -OCH3 is 2. The number of benzene rings is 2. The Balaban J connectivity index is 1.59. The molecule has 28 heavy (non-hydrogen) atoms. The summed E-state index contributed by atoms with van der Waals surface area (Å²) in [7, 11) is 0.0785. The van der Waals surface area contributed by atoms with Crippen molar-refractivity contribution in [2.24, 2.45) is 0 Å². The molecule has 0 bridgehead atoms. The molecule has 0 radical (unpaired) electrons. The average Bonchev–Trinajstić information content (AvgIpc) is 3.54. The molecule has 146 valence electrons. The largest absolute Gasteiger partial charge is 0.493 e. The Hall–Kier alpha value is -2.87. The Morgan fingerprint density at radius 1 is 1.00 bits per heavy atom.